The Morgan fingerprint density at radius 2 is 1.74 bits per heavy atom. The molecule has 2 fully saturated rings. The maximum atomic E-state index is 12.4. The Kier molecular flexibility index (Phi) is 6.95. The van der Waals surface area contributed by atoms with Crippen molar-refractivity contribution in [1.29, 1.82) is 0 Å². The highest BCUT2D eigenvalue weighted by molar-refractivity contribution is 7.99. The van der Waals surface area contributed by atoms with Crippen molar-refractivity contribution in [3.05, 3.63) is 36.0 Å². The fraction of sp³-hybridized carbons (Fsp3) is 0.577. The van der Waals surface area contributed by atoms with Gasteiger partial charge in [0.25, 0.3) is 0 Å². The number of amides is 1. The maximum Gasteiger partial charge on any atom is 0.407 e. The number of piperazine rings is 1. The molecule has 1 aromatic heterocycles. The number of fused-ring (bicyclic) bond motifs is 1. The molecule has 0 bridgehead atoms. The van der Waals surface area contributed by atoms with Gasteiger partial charge in [0.1, 0.15) is 11.4 Å². The standard InChI is InChI=1S/C26H36N6O2S/c1-26(2,3)34-25(33)29-20-11-7-10-19(20)27-23-22-21(12-17-35-22)28-24(30-23)32-15-13-31(14-16-32)18-8-5-4-6-9-18/h4-6,8-9,19-20H,7,10-17H2,1-3H3,(H,29,33)(H,27,28,30). The summed E-state index contributed by atoms with van der Waals surface area (Å²) in [5.74, 6) is 2.77. The number of hydrogen-bond acceptors (Lipinski definition) is 8. The lowest BCUT2D eigenvalue weighted by molar-refractivity contribution is 0.0503. The van der Waals surface area contributed by atoms with Crippen LogP contribution in [-0.4, -0.2) is 65.7 Å². The van der Waals surface area contributed by atoms with E-state index in [1.165, 1.54) is 10.6 Å². The van der Waals surface area contributed by atoms with Gasteiger partial charge in [-0.15, -0.1) is 11.8 Å². The van der Waals surface area contributed by atoms with Gasteiger partial charge in [0.05, 0.1) is 16.6 Å². The smallest absolute Gasteiger partial charge is 0.407 e. The lowest BCUT2D eigenvalue weighted by atomic mass is 10.1. The second-order valence-corrected chi connectivity index (χ2v) is 11.6. The first-order chi connectivity index (χ1) is 16.9. The van der Waals surface area contributed by atoms with Crippen LogP contribution in [0.2, 0.25) is 0 Å². The third kappa shape index (κ3) is 5.77. The number of benzene rings is 1. The van der Waals surface area contributed by atoms with Crippen LogP contribution < -0.4 is 20.4 Å². The van der Waals surface area contributed by atoms with E-state index in [0.29, 0.717) is 0 Å². The van der Waals surface area contributed by atoms with E-state index in [9.17, 15) is 4.79 Å². The van der Waals surface area contributed by atoms with Gasteiger partial charge in [0.15, 0.2) is 0 Å². The molecule has 2 aromatic rings. The van der Waals surface area contributed by atoms with Gasteiger partial charge in [0.2, 0.25) is 5.95 Å². The summed E-state index contributed by atoms with van der Waals surface area (Å²) in [7, 11) is 0. The first kappa shape index (κ1) is 24.0. The summed E-state index contributed by atoms with van der Waals surface area (Å²) in [5.41, 5.74) is 1.91. The molecule has 1 aromatic carbocycles. The van der Waals surface area contributed by atoms with Crippen molar-refractivity contribution >= 4 is 35.3 Å². The molecule has 35 heavy (non-hydrogen) atoms. The normalized spacial score (nSPS) is 22.1. The van der Waals surface area contributed by atoms with Gasteiger partial charge < -0.3 is 25.2 Å². The molecule has 1 saturated heterocycles. The number of aryl methyl sites for hydroxylation is 1. The van der Waals surface area contributed by atoms with Crippen LogP contribution in [-0.2, 0) is 11.2 Å². The van der Waals surface area contributed by atoms with Gasteiger partial charge in [0, 0.05) is 50.1 Å². The first-order valence-electron chi connectivity index (χ1n) is 12.7. The fourth-order valence-corrected chi connectivity index (χ4v) is 6.09. The SMILES string of the molecule is CC(C)(C)OC(=O)NC1CCCC1Nc1nc(N2CCN(c3ccccc3)CC2)nc2c1SCC2. The van der Waals surface area contributed by atoms with Gasteiger partial charge >= 0.3 is 6.09 Å². The highest BCUT2D eigenvalue weighted by Gasteiger charge is 2.32. The van der Waals surface area contributed by atoms with Crippen molar-refractivity contribution in [2.24, 2.45) is 0 Å². The van der Waals surface area contributed by atoms with E-state index < -0.39 is 5.60 Å². The van der Waals surface area contributed by atoms with E-state index in [4.69, 9.17) is 14.7 Å². The third-order valence-electron chi connectivity index (χ3n) is 6.73. The van der Waals surface area contributed by atoms with Crippen molar-refractivity contribution < 1.29 is 9.53 Å². The molecule has 8 nitrogen and oxygen atoms in total. The molecule has 5 rings (SSSR count). The zero-order valence-corrected chi connectivity index (χ0v) is 21.7. The number of alkyl carbamates (subject to hydrolysis) is 1. The molecule has 1 saturated carbocycles. The molecule has 3 aliphatic rings. The molecule has 2 aliphatic heterocycles. The summed E-state index contributed by atoms with van der Waals surface area (Å²) in [4.78, 5) is 28.3. The number of nitrogens with zero attached hydrogens (tertiary/aromatic N) is 4. The Morgan fingerprint density at radius 3 is 2.49 bits per heavy atom. The second kappa shape index (κ2) is 10.1. The number of anilines is 3. The number of ether oxygens (including phenoxy) is 1. The number of rotatable bonds is 5. The second-order valence-electron chi connectivity index (χ2n) is 10.5. The van der Waals surface area contributed by atoms with Crippen molar-refractivity contribution in [2.75, 3.05) is 47.0 Å². The van der Waals surface area contributed by atoms with Gasteiger partial charge in [-0.2, -0.15) is 4.98 Å². The number of aromatic nitrogens is 2. The summed E-state index contributed by atoms with van der Waals surface area (Å²) in [6, 6.07) is 10.7. The largest absolute Gasteiger partial charge is 0.444 e. The van der Waals surface area contributed by atoms with Crippen LogP contribution in [0.1, 0.15) is 45.7 Å². The van der Waals surface area contributed by atoms with Crippen molar-refractivity contribution in [3.63, 3.8) is 0 Å². The van der Waals surface area contributed by atoms with Gasteiger partial charge in [-0.3, -0.25) is 0 Å². The minimum atomic E-state index is -0.505. The zero-order valence-electron chi connectivity index (χ0n) is 20.9. The average Bonchev–Trinajstić information content (AvgIpc) is 3.48. The summed E-state index contributed by atoms with van der Waals surface area (Å²) in [6.07, 6.45) is 3.61. The van der Waals surface area contributed by atoms with E-state index >= 15 is 0 Å². The summed E-state index contributed by atoms with van der Waals surface area (Å²) in [6.45, 7) is 9.36. The molecule has 2 N–H and O–H groups in total. The Hall–Kier alpha value is -2.68. The molecule has 188 valence electrons. The van der Waals surface area contributed by atoms with Crippen LogP contribution in [0, 0.1) is 0 Å². The molecule has 3 heterocycles. The molecule has 9 heteroatoms. The first-order valence-corrected chi connectivity index (χ1v) is 13.7. The van der Waals surface area contributed by atoms with Crippen LogP contribution >= 0.6 is 11.8 Å². The molecule has 1 amide bonds. The number of nitrogens with one attached hydrogen (secondary N) is 2. The van der Waals surface area contributed by atoms with Crippen LogP contribution in [0.25, 0.3) is 0 Å². The average molecular weight is 497 g/mol. The topological polar surface area (TPSA) is 82.6 Å². The van der Waals surface area contributed by atoms with Crippen molar-refractivity contribution in [3.8, 4) is 0 Å². The lowest BCUT2D eigenvalue weighted by Gasteiger charge is -2.36. The van der Waals surface area contributed by atoms with E-state index in [-0.39, 0.29) is 18.2 Å². The van der Waals surface area contributed by atoms with E-state index in [1.54, 1.807) is 0 Å². The summed E-state index contributed by atoms with van der Waals surface area (Å²) in [5, 5.41) is 6.78. The molecule has 2 atom stereocenters. The molecule has 2 unspecified atom stereocenters. The minimum Gasteiger partial charge on any atom is -0.444 e. The minimum absolute atomic E-state index is 0.0275. The highest BCUT2D eigenvalue weighted by Crippen LogP contribution is 2.38. The van der Waals surface area contributed by atoms with Gasteiger partial charge in [-0.05, 0) is 52.2 Å². The molecular weight excluding hydrogens is 460 g/mol. The molecule has 0 radical (unpaired) electrons. The van der Waals surface area contributed by atoms with E-state index in [0.717, 1.165) is 75.1 Å². The molecule has 1 aliphatic carbocycles. The van der Waals surface area contributed by atoms with Crippen LogP contribution in [0.3, 0.4) is 0 Å². The fourth-order valence-electron chi connectivity index (χ4n) is 5.04. The summed E-state index contributed by atoms with van der Waals surface area (Å²) < 4.78 is 5.49. The predicted molar refractivity (Wildman–Crippen MR) is 142 cm³/mol. The number of hydrogen-bond donors (Lipinski definition) is 2. The Labute approximate surface area is 212 Å². The van der Waals surface area contributed by atoms with E-state index in [2.05, 4.69) is 50.8 Å². The molecular formula is C26H36N6O2S. The Morgan fingerprint density at radius 1 is 1.03 bits per heavy atom. The van der Waals surface area contributed by atoms with Crippen LogP contribution in [0.15, 0.2) is 35.2 Å². The molecule has 0 spiro atoms. The Balaban J connectivity index is 1.28. The quantitative estimate of drug-likeness (QED) is 0.634. The third-order valence-corrected chi connectivity index (χ3v) is 7.86. The lowest BCUT2D eigenvalue weighted by Crippen LogP contribution is -2.47. The zero-order chi connectivity index (χ0) is 24.4. The van der Waals surface area contributed by atoms with Crippen molar-refractivity contribution in [2.45, 2.75) is 69.0 Å². The highest BCUT2D eigenvalue weighted by atomic mass is 32.2. The van der Waals surface area contributed by atoms with Crippen LogP contribution in [0.5, 0.6) is 0 Å². The predicted octanol–water partition coefficient (Wildman–Crippen LogP) is 4.31. The monoisotopic (exact) mass is 496 g/mol. The maximum absolute atomic E-state index is 12.4. The number of thioether (sulfide) groups is 1. The number of para-hydroxylation sites is 1. The van der Waals surface area contributed by atoms with Crippen LogP contribution in [0.4, 0.5) is 22.2 Å². The van der Waals surface area contributed by atoms with Crippen molar-refractivity contribution in [1.82, 2.24) is 15.3 Å². The van der Waals surface area contributed by atoms with Gasteiger partial charge in [-0.25, -0.2) is 9.78 Å². The Bertz CT molecular complexity index is 1040. The van der Waals surface area contributed by atoms with E-state index in [1.807, 2.05) is 32.5 Å². The van der Waals surface area contributed by atoms with Gasteiger partial charge in [-0.1, -0.05) is 18.2 Å². The number of carbonyl (C=O) groups is 1. The summed E-state index contributed by atoms with van der Waals surface area (Å²) >= 11 is 1.83. The number of carbonyl (C=O) groups excluding carboxylic acids is 1.